The molecule has 0 fully saturated rings. The molecule has 0 aliphatic rings. The third-order valence-electron chi connectivity index (χ3n) is 6.97. The molecule has 0 bridgehead atoms. The van der Waals surface area contributed by atoms with Gasteiger partial charge in [-0.1, -0.05) is 92.6 Å². The Morgan fingerprint density at radius 2 is 1.47 bits per heavy atom. The van der Waals surface area contributed by atoms with Crippen LogP contribution in [0.3, 0.4) is 0 Å². The number of aliphatic carboxylic acids is 1. The first kappa shape index (κ1) is 34.5. The number of carbonyl (C=O) groups excluding carboxylic acids is 3. The molecule has 5 N–H and O–H groups in total. The van der Waals surface area contributed by atoms with Crippen LogP contribution in [-0.2, 0) is 43.2 Å². The normalized spacial score (nSPS) is 12.7. The Morgan fingerprint density at radius 3 is 2.09 bits per heavy atom. The highest BCUT2D eigenvalue weighted by atomic mass is 16.5. The molecule has 0 aliphatic heterocycles. The maximum absolute atomic E-state index is 14.0. The van der Waals surface area contributed by atoms with Gasteiger partial charge in [-0.2, -0.15) is 0 Å². The number of benzene rings is 3. The van der Waals surface area contributed by atoms with Crippen molar-refractivity contribution >= 4 is 29.7 Å². The van der Waals surface area contributed by atoms with E-state index >= 15 is 0 Å². The lowest BCUT2D eigenvalue weighted by atomic mass is 9.97. The van der Waals surface area contributed by atoms with Gasteiger partial charge in [-0.15, -0.1) is 0 Å². The van der Waals surface area contributed by atoms with Gasteiger partial charge in [0, 0.05) is 19.4 Å². The van der Waals surface area contributed by atoms with Gasteiger partial charge in [0.2, 0.25) is 17.5 Å². The van der Waals surface area contributed by atoms with Crippen LogP contribution in [0, 0.1) is 0 Å². The first-order valence-corrected chi connectivity index (χ1v) is 14.8. The Bertz CT molecular complexity index is 1450. The van der Waals surface area contributed by atoms with Gasteiger partial charge in [-0.05, 0) is 35.2 Å². The number of unbranched alkanes of at least 4 members (excludes halogenated alkanes) is 2. The zero-order chi connectivity index (χ0) is 32.7. The van der Waals surface area contributed by atoms with E-state index < -0.39 is 48.0 Å². The number of hydrogen-bond donors (Lipinski definition) is 5. The molecule has 0 aliphatic carbocycles. The second-order valence-corrected chi connectivity index (χ2v) is 10.6. The molecule has 3 amide bonds. The highest BCUT2D eigenvalue weighted by Gasteiger charge is 2.43. The summed E-state index contributed by atoms with van der Waals surface area (Å²) in [4.78, 5) is 64.2. The summed E-state index contributed by atoms with van der Waals surface area (Å²) in [5.41, 5.74) is -0.551. The Labute approximate surface area is 262 Å². The lowest BCUT2D eigenvalue weighted by Gasteiger charge is -2.34. The molecule has 0 heterocycles. The summed E-state index contributed by atoms with van der Waals surface area (Å²) in [5.74, 6) is -4.62. The largest absolute Gasteiger partial charge is 0.480 e. The highest BCUT2D eigenvalue weighted by molar-refractivity contribution is 5.94. The lowest BCUT2D eigenvalue weighted by molar-refractivity contribution is -0.167. The van der Waals surface area contributed by atoms with Crippen molar-refractivity contribution < 1.29 is 38.9 Å². The number of hydrogen-bond acceptors (Lipinski definition) is 6. The second kappa shape index (κ2) is 17.3. The van der Waals surface area contributed by atoms with Gasteiger partial charge in [0.05, 0.1) is 12.0 Å². The molecule has 11 heteroatoms. The van der Waals surface area contributed by atoms with Crippen LogP contribution in [0.5, 0.6) is 0 Å². The van der Waals surface area contributed by atoms with Gasteiger partial charge in [0.15, 0.2) is 0 Å². The fourth-order valence-electron chi connectivity index (χ4n) is 4.71. The molecule has 238 valence electrons. The third kappa shape index (κ3) is 11.2. The number of nitrogens with one attached hydrogen (secondary N) is 3. The van der Waals surface area contributed by atoms with E-state index in [2.05, 4.69) is 16.0 Å². The van der Waals surface area contributed by atoms with Crippen LogP contribution >= 0.6 is 0 Å². The number of rotatable bonds is 18. The van der Waals surface area contributed by atoms with E-state index in [1.807, 2.05) is 19.1 Å². The molecule has 11 nitrogen and oxygen atoms in total. The fraction of sp³-hybridized carbons (Fsp3) is 0.324. The standard InChI is InChI=1S/C34H39N3O8/c1-2-3-10-18-35-33(44)34(45-23-30(39)40,22-26-16-11-17-27(19-26)32(42)43)37-31(41)28(20-24-12-6-4-7-13-24)36-29(38)21-25-14-8-5-9-15-25/h4-9,11-17,19,28H,2-3,10,18,20-23H2,1H3,(H,35,44)(H,36,38)(H,37,41)(H,39,40)(H,42,43)/t28-,34-/m0/s1. The van der Waals surface area contributed by atoms with E-state index in [9.17, 15) is 34.2 Å². The average molecular weight is 618 g/mol. The zero-order valence-electron chi connectivity index (χ0n) is 25.2. The topological polar surface area (TPSA) is 171 Å². The van der Waals surface area contributed by atoms with Crippen molar-refractivity contribution in [1.82, 2.24) is 16.0 Å². The predicted molar refractivity (Wildman–Crippen MR) is 166 cm³/mol. The van der Waals surface area contributed by atoms with E-state index in [0.29, 0.717) is 12.0 Å². The maximum Gasteiger partial charge on any atom is 0.335 e. The molecule has 0 unspecified atom stereocenters. The molecule has 2 atom stereocenters. The number of aromatic carboxylic acids is 1. The summed E-state index contributed by atoms with van der Waals surface area (Å²) in [6.45, 7) is 1.29. The quantitative estimate of drug-likeness (QED) is 0.107. The van der Waals surface area contributed by atoms with Gasteiger partial charge < -0.3 is 30.9 Å². The molecule has 3 aromatic rings. The minimum atomic E-state index is -2.25. The van der Waals surface area contributed by atoms with Crippen LogP contribution in [0.4, 0.5) is 0 Å². The smallest absolute Gasteiger partial charge is 0.335 e. The van der Waals surface area contributed by atoms with Crippen LogP contribution in [-0.4, -0.2) is 64.8 Å². The van der Waals surface area contributed by atoms with Crippen molar-refractivity contribution in [1.29, 1.82) is 0 Å². The Balaban J connectivity index is 1.99. The molecule has 0 aromatic heterocycles. The monoisotopic (exact) mass is 617 g/mol. The molecule has 0 saturated heterocycles. The van der Waals surface area contributed by atoms with Gasteiger partial charge in [0.1, 0.15) is 12.6 Å². The molecule has 3 rings (SSSR count). The molecular weight excluding hydrogens is 578 g/mol. The van der Waals surface area contributed by atoms with Crippen LogP contribution in [0.1, 0.15) is 53.2 Å². The van der Waals surface area contributed by atoms with Crippen molar-refractivity contribution in [3.05, 3.63) is 107 Å². The minimum absolute atomic E-state index is 0.0000377. The van der Waals surface area contributed by atoms with Crippen molar-refractivity contribution in [3.8, 4) is 0 Å². The number of carbonyl (C=O) groups is 5. The van der Waals surface area contributed by atoms with E-state index in [-0.39, 0.29) is 31.4 Å². The fourth-order valence-corrected chi connectivity index (χ4v) is 4.71. The van der Waals surface area contributed by atoms with Crippen molar-refractivity contribution in [3.63, 3.8) is 0 Å². The van der Waals surface area contributed by atoms with Gasteiger partial charge >= 0.3 is 11.9 Å². The number of amides is 3. The second-order valence-electron chi connectivity index (χ2n) is 10.6. The Hall–Kier alpha value is -5.03. The number of ether oxygens (including phenoxy) is 1. The summed E-state index contributed by atoms with van der Waals surface area (Å²) in [6.07, 6.45) is 2.02. The first-order chi connectivity index (χ1) is 21.6. The molecule has 0 radical (unpaired) electrons. The molecule has 0 spiro atoms. The van der Waals surface area contributed by atoms with Gasteiger partial charge in [-0.3, -0.25) is 14.4 Å². The van der Waals surface area contributed by atoms with E-state index in [4.69, 9.17) is 4.74 Å². The molecule has 0 saturated carbocycles. The SMILES string of the molecule is CCCCCNC(=O)[C@@](Cc1cccc(C(=O)O)c1)(NC(=O)[C@H](Cc1ccccc1)NC(=O)Cc1ccccc1)OCC(=O)O. The van der Waals surface area contributed by atoms with Crippen molar-refractivity contribution in [2.75, 3.05) is 13.2 Å². The van der Waals surface area contributed by atoms with Crippen molar-refractivity contribution in [2.45, 2.75) is 57.2 Å². The van der Waals surface area contributed by atoms with E-state index in [1.54, 1.807) is 54.6 Å². The number of carboxylic acids is 2. The van der Waals surface area contributed by atoms with Crippen LogP contribution in [0.25, 0.3) is 0 Å². The average Bonchev–Trinajstić information content (AvgIpc) is 3.02. The zero-order valence-corrected chi connectivity index (χ0v) is 25.2. The summed E-state index contributed by atoms with van der Waals surface area (Å²) in [6, 6.07) is 22.5. The number of carboxylic acid groups (broad SMARTS) is 2. The van der Waals surface area contributed by atoms with Crippen LogP contribution < -0.4 is 16.0 Å². The summed E-state index contributed by atoms with van der Waals surface area (Å²) < 4.78 is 5.68. The minimum Gasteiger partial charge on any atom is -0.480 e. The third-order valence-corrected chi connectivity index (χ3v) is 6.97. The molecule has 45 heavy (non-hydrogen) atoms. The van der Waals surface area contributed by atoms with Gasteiger partial charge in [-0.25, -0.2) is 9.59 Å². The van der Waals surface area contributed by atoms with Gasteiger partial charge in [0.25, 0.3) is 5.91 Å². The predicted octanol–water partition coefficient (Wildman–Crippen LogP) is 3.12. The first-order valence-electron chi connectivity index (χ1n) is 14.8. The summed E-state index contributed by atoms with van der Waals surface area (Å²) >= 11 is 0. The maximum atomic E-state index is 14.0. The Kier molecular flexibility index (Phi) is 13.3. The van der Waals surface area contributed by atoms with E-state index in [1.165, 1.54) is 18.2 Å². The van der Waals surface area contributed by atoms with Crippen molar-refractivity contribution in [2.24, 2.45) is 0 Å². The van der Waals surface area contributed by atoms with Crippen LogP contribution in [0.15, 0.2) is 84.9 Å². The summed E-state index contributed by atoms with van der Waals surface area (Å²) in [5, 5.41) is 27.1. The lowest BCUT2D eigenvalue weighted by Crippen LogP contribution is -2.65. The Morgan fingerprint density at radius 1 is 0.822 bits per heavy atom. The highest BCUT2D eigenvalue weighted by Crippen LogP contribution is 2.19. The molecular formula is C34H39N3O8. The molecule has 3 aromatic carbocycles. The van der Waals surface area contributed by atoms with Crippen LogP contribution in [0.2, 0.25) is 0 Å². The van der Waals surface area contributed by atoms with E-state index in [0.717, 1.165) is 24.0 Å². The summed E-state index contributed by atoms with van der Waals surface area (Å²) in [7, 11) is 0.